The molecule has 0 unspecified atom stereocenters. The molecule has 6 heteroatoms. The fraction of sp³-hybridized carbons (Fsp3) is 0.167. The third kappa shape index (κ3) is 1.54. The lowest BCUT2D eigenvalue weighted by atomic mass is 10.4. The fourth-order valence-corrected chi connectivity index (χ4v) is 1.79. The molecule has 0 atom stereocenters. The Hall–Kier alpha value is -0.360. The minimum absolute atomic E-state index is 0.0573. The zero-order valence-electron chi connectivity index (χ0n) is 5.95. The van der Waals surface area contributed by atoms with E-state index in [1.165, 1.54) is 7.11 Å². The Morgan fingerprint density at radius 1 is 1.58 bits per heavy atom. The predicted molar refractivity (Wildman–Crippen MR) is 47.5 cm³/mol. The summed E-state index contributed by atoms with van der Waals surface area (Å²) < 4.78 is 17.5. The first-order valence-electron chi connectivity index (χ1n) is 2.88. The maximum atomic E-state index is 12.9. The van der Waals surface area contributed by atoms with Crippen molar-refractivity contribution >= 4 is 37.8 Å². The van der Waals surface area contributed by atoms with Gasteiger partial charge in [-0.05, 0) is 31.9 Å². The molecule has 12 heavy (non-hydrogen) atoms. The van der Waals surface area contributed by atoms with E-state index in [0.29, 0.717) is 0 Å². The SMILES string of the molecule is COC(=O)c1[nH]c(Br)c(F)c1Br. The molecule has 0 amide bonds. The van der Waals surface area contributed by atoms with E-state index in [4.69, 9.17) is 0 Å². The van der Waals surface area contributed by atoms with Crippen LogP contribution in [-0.2, 0) is 4.74 Å². The van der Waals surface area contributed by atoms with Gasteiger partial charge >= 0.3 is 5.97 Å². The number of aromatic nitrogens is 1. The van der Waals surface area contributed by atoms with Gasteiger partial charge in [0.1, 0.15) is 10.3 Å². The van der Waals surface area contributed by atoms with E-state index in [9.17, 15) is 9.18 Å². The molecule has 0 saturated carbocycles. The standard InChI is InChI=1S/C6H4Br2FNO2/c1-12-6(11)4-2(7)3(9)5(8)10-4/h10H,1H3. The van der Waals surface area contributed by atoms with E-state index >= 15 is 0 Å². The van der Waals surface area contributed by atoms with Crippen LogP contribution >= 0.6 is 31.9 Å². The summed E-state index contributed by atoms with van der Waals surface area (Å²) in [7, 11) is 1.22. The van der Waals surface area contributed by atoms with Crippen LogP contribution in [0.25, 0.3) is 0 Å². The molecular formula is C6H4Br2FNO2. The molecule has 0 saturated heterocycles. The van der Waals surface area contributed by atoms with Crippen LogP contribution in [0.4, 0.5) is 4.39 Å². The van der Waals surface area contributed by atoms with Crippen LogP contribution in [0.3, 0.4) is 0 Å². The zero-order chi connectivity index (χ0) is 9.30. The first-order chi connectivity index (χ1) is 5.57. The van der Waals surface area contributed by atoms with Gasteiger partial charge in [0.2, 0.25) is 0 Å². The van der Waals surface area contributed by atoms with Gasteiger partial charge in [0.25, 0.3) is 0 Å². The largest absolute Gasteiger partial charge is 0.464 e. The molecule has 1 heterocycles. The highest BCUT2D eigenvalue weighted by Gasteiger charge is 2.19. The summed E-state index contributed by atoms with van der Waals surface area (Å²) in [6.45, 7) is 0. The Morgan fingerprint density at radius 2 is 2.17 bits per heavy atom. The third-order valence-corrected chi connectivity index (χ3v) is 2.52. The summed E-state index contributed by atoms with van der Waals surface area (Å²) in [6.07, 6.45) is 0. The van der Waals surface area contributed by atoms with Crippen molar-refractivity contribution in [2.45, 2.75) is 0 Å². The lowest BCUT2D eigenvalue weighted by Gasteiger charge is -1.94. The second kappa shape index (κ2) is 3.57. The van der Waals surface area contributed by atoms with Gasteiger partial charge in [-0.25, -0.2) is 9.18 Å². The number of ether oxygens (including phenoxy) is 1. The average Bonchev–Trinajstić information content (AvgIpc) is 2.32. The molecule has 0 aliphatic rings. The molecule has 66 valence electrons. The first-order valence-corrected chi connectivity index (χ1v) is 4.47. The number of hydrogen-bond donors (Lipinski definition) is 1. The summed E-state index contributed by atoms with van der Waals surface area (Å²) in [5, 5.41) is 0. The van der Waals surface area contributed by atoms with Crippen molar-refractivity contribution in [1.29, 1.82) is 0 Å². The number of rotatable bonds is 1. The van der Waals surface area contributed by atoms with Gasteiger partial charge in [-0.2, -0.15) is 0 Å². The molecule has 0 bridgehead atoms. The number of nitrogens with one attached hydrogen (secondary N) is 1. The Bertz CT molecular complexity index is 324. The fourth-order valence-electron chi connectivity index (χ4n) is 0.668. The topological polar surface area (TPSA) is 42.1 Å². The molecule has 1 aromatic rings. The summed E-state index contributed by atoms with van der Waals surface area (Å²) in [5.41, 5.74) is 0.0573. The van der Waals surface area contributed by atoms with Gasteiger partial charge in [-0.3, -0.25) is 0 Å². The molecule has 1 N–H and O–H groups in total. The van der Waals surface area contributed by atoms with Gasteiger partial charge in [0.05, 0.1) is 11.6 Å². The van der Waals surface area contributed by atoms with Gasteiger partial charge < -0.3 is 9.72 Å². The van der Waals surface area contributed by atoms with E-state index in [-0.39, 0.29) is 14.8 Å². The van der Waals surface area contributed by atoms with Crippen LogP contribution in [0.15, 0.2) is 9.08 Å². The molecule has 1 rings (SSSR count). The van der Waals surface area contributed by atoms with Gasteiger partial charge in [-0.1, -0.05) is 0 Å². The van der Waals surface area contributed by atoms with Gasteiger partial charge in [-0.15, -0.1) is 0 Å². The lowest BCUT2D eigenvalue weighted by molar-refractivity contribution is 0.0593. The normalized spacial score (nSPS) is 10.0. The number of esters is 1. The van der Waals surface area contributed by atoms with Gasteiger partial charge in [0, 0.05) is 0 Å². The summed E-state index contributed by atoms with van der Waals surface area (Å²) in [6, 6.07) is 0. The molecule has 0 spiro atoms. The van der Waals surface area contributed by atoms with E-state index in [0.717, 1.165) is 0 Å². The van der Waals surface area contributed by atoms with E-state index < -0.39 is 11.8 Å². The highest BCUT2D eigenvalue weighted by Crippen LogP contribution is 2.27. The maximum absolute atomic E-state index is 12.9. The number of H-pyrrole nitrogens is 1. The summed E-state index contributed by atoms with van der Waals surface area (Å²) >= 11 is 5.80. The Labute approximate surface area is 84.5 Å². The van der Waals surface area contributed by atoms with E-state index in [1.807, 2.05) is 0 Å². The molecule has 0 aromatic carbocycles. The van der Waals surface area contributed by atoms with Crippen LogP contribution in [0.2, 0.25) is 0 Å². The Kier molecular flexibility index (Phi) is 2.89. The van der Waals surface area contributed by atoms with Crippen molar-refractivity contribution < 1.29 is 13.9 Å². The Balaban J connectivity index is 3.17. The molecule has 1 aromatic heterocycles. The average molecular weight is 301 g/mol. The predicted octanol–water partition coefficient (Wildman–Crippen LogP) is 2.47. The van der Waals surface area contributed by atoms with Crippen molar-refractivity contribution in [2.75, 3.05) is 7.11 Å². The number of hydrogen-bond acceptors (Lipinski definition) is 2. The minimum atomic E-state index is -0.619. The first kappa shape index (κ1) is 9.73. The van der Waals surface area contributed by atoms with Crippen LogP contribution in [0.1, 0.15) is 10.5 Å². The number of aromatic amines is 1. The van der Waals surface area contributed by atoms with Crippen molar-refractivity contribution in [3.05, 3.63) is 20.6 Å². The molecule has 0 aliphatic heterocycles. The molecule has 0 aliphatic carbocycles. The van der Waals surface area contributed by atoms with Crippen LogP contribution < -0.4 is 0 Å². The lowest BCUT2D eigenvalue weighted by Crippen LogP contribution is -2.02. The molecule has 0 radical (unpaired) electrons. The van der Waals surface area contributed by atoms with Gasteiger partial charge in [0.15, 0.2) is 5.82 Å². The third-order valence-electron chi connectivity index (χ3n) is 1.23. The highest BCUT2D eigenvalue weighted by molar-refractivity contribution is 9.11. The van der Waals surface area contributed by atoms with Crippen molar-refractivity contribution in [1.82, 2.24) is 4.98 Å². The number of methoxy groups -OCH3 is 1. The maximum Gasteiger partial charge on any atom is 0.355 e. The van der Waals surface area contributed by atoms with E-state index in [1.54, 1.807) is 0 Å². The number of halogens is 3. The second-order valence-electron chi connectivity index (χ2n) is 1.93. The monoisotopic (exact) mass is 299 g/mol. The van der Waals surface area contributed by atoms with Crippen molar-refractivity contribution in [3.63, 3.8) is 0 Å². The van der Waals surface area contributed by atoms with Crippen LogP contribution in [-0.4, -0.2) is 18.1 Å². The minimum Gasteiger partial charge on any atom is -0.464 e. The number of carbonyl (C=O) groups excluding carboxylic acids is 1. The van der Waals surface area contributed by atoms with Crippen LogP contribution in [0.5, 0.6) is 0 Å². The Morgan fingerprint density at radius 3 is 2.50 bits per heavy atom. The number of carbonyl (C=O) groups is 1. The quantitative estimate of drug-likeness (QED) is 0.810. The van der Waals surface area contributed by atoms with E-state index in [2.05, 4.69) is 41.6 Å². The zero-order valence-corrected chi connectivity index (χ0v) is 9.12. The van der Waals surface area contributed by atoms with Crippen LogP contribution in [0, 0.1) is 5.82 Å². The second-order valence-corrected chi connectivity index (χ2v) is 3.52. The smallest absolute Gasteiger partial charge is 0.355 e. The summed E-state index contributed by atoms with van der Waals surface area (Å²) in [5.74, 6) is -1.16. The summed E-state index contributed by atoms with van der Waals surface area (Å²) in [4.78, 5) is 13.4. The molecular weight excluding hydrogens is 297 g/mol. The highest BCUT2D eigenvalue weighted by atomic mass is 79.9. The molecule has 0 fully saturated rings. The van der Waals surface area contributed by atoms with Crippen molar-refractivity contribution in [2.24, 2.45) is 0 Å². The molecule has 3 nitrogen and oxygen atoms in total. The van der Waals surface area contributed by atoms with Crippen molar-refractivity contribution in [3.8, 4) is 0 Å².